The van der Waals surface area contributed by atoms with Gasteiger partial charge in [0.2, 0.25) is 0 Å². The highest BCUT2D eigenvalue weighted by atomic mass is 16.6. The van der Waals surface area contributed by atoms with Gasteiger partial charge in [-0.1, -0.05) is 385 Å². The number of benzene rings is 2. The van der Waals surface area contributed by atoms with Crippen LogP contribution in [0.1, 0.15) is 539 Å². The maximum Gasteiger partial charge on any atom is 0.338 e. The summed E-state index contributed by atoms with van der Waals surface area (Å²) in [6, 6.07) is 17.4. The van der Waals surface area contributed by atoms with E-state index in [-0.39, 0.29) is 217 Å². The molecule has 24 heteroatoms. The highest BCUT2D eigenvalue weighted by molar-refractivity contribution is 5.90. The van der Waals surface area contributed by atoms with Crippen LogP contribution in [-0.4, -0.2) is 149 Å². The molecule has 4 fully saturated rings. The standard InChI is InChI=1S/2C21H40O4.C17H28O4.C17H16O4.C17H28O4.C13H24O4.12CH4/c1-4-6-8-10-12-14-16-20(22)24-18-19(3)25-21(23)17-15-13-11-9-7-5-2;1-3-5-7-9-11-13-16-20(22)24-18-15-19-25-21(23)17-14-12-10-8-6-4-2;2*1-13(21-17(19)15-10-6-3-7-11-15)12-20-16(18)14-8-4-2-5-9-14;18-16(14-8-3-1-4-9-14)20-12-7-13-21-17(19)15-10-5-2-6-11-15;1-4-6-8-12(14)16-10-11(3)17-13(15)9-7-5-2;;;;;;;;;;;;/h19H,4-18H2,1-3H3;3-19H2,1-2H3;13-15H,2-12H2,1H3;2-11,13H,12H2,1H3;14-15H,1-13H2;11H,4-10H2,1-3H3;12*1H4. The lowest BCUT2D eigenvalue weighted by molar-refractivity contribution is -0.164. The molecular formula is C118H224O24. The zero-order valence-electron chi connectivity index (χ0n) is 82.4. The molecule has 4 unspecified atom stereocenters. The fraction of sp³-hybridized carbons (Fsp3) is 0.797. The van der Waals surface area contributed by atoms with Crippen molar-refractivity contribution in [1.29, 1.82) is 0 Å². The second kappa shape index (κ2) is 112. The third-order valence-corrected chi connectivity index (χ3v) is 22.9. The molecule has 4 aliphatic rings. The lowest BCUT2D eigenvalue weighted by atomic mass is 9.89. The minimum absolute atomic E-state index is 0. The summed E-state index contributed by atoms with van der Waals surface area (Å²) in [7, 11) is 0. The van der Waals surface area contributed by atoms with Crippen molar-refractivity contribution in [3.63, 3.8) is 0 Å². The van der Waals surface area contributed by atoms with Crippen molar-refractivity contribution < 1.29 is 114 Å². The number of ether oxygens (including phenoxy) is 12. The Bertz CT molecular complexity index is 3130. The fourth-order valence-electron chi connectivity index (χ4n) is 15.0. The molecule has 4 aliphatic carbocycles. The smallest absolute Gasteiger partial charge is 0.338 e. The van der Waals surface area contributed by atoms with E-state index < -0.39 is 18.0 Å². The summed E-state index contributed by atoms with van der Waals surface area (Å²) in [5, 5.41) is 0. The molecule has 0 amide bonds. The Balaban J connectivity index is -0.000000141. The highest BCUT2D eigenvalue weighted by Crippen LogP contribution is 2.29. The third kappa shape index (κ3) is 93.2. The van der Waals surface area contributed by atoms with Crippen LogP contribution in [0.3, 0.4) is 0 Å². The lowest BCUT2D eigenvalue weighted by Gasteiger charge is -2.23. The van der Waals surface area contributed by atoms with Gasteiger partial charge in [-0.25, -0.2) is 9.59 Å². The summed E-state index contributed by atoms with van der Waals surface area (Å²) in [5.74, 6) is -1.98. The maximum atomic E-state index is 12.0. The van der Waals surface area contributed by atoms with Crippen molar-refractivity contribution in [2.24, 2.45) is 23.7 Å². The number of hydrogen-bond acceptors (Lipinski definition) is 24. The first kappa shape index (κ1) is 159. The number of carbonyl (C=O) groups is 12. The van der Waals surface area contributed by atoms with Crippen LogP contribution < -0.4 is 0 Å². The molecule has 0 spiro atoms. The minimum Gasteiger partial charge on any atom is -0.466 e. The van der Waals surface area contributed by atoms with Gasteiger partial charge in [0.1, 0.15) is 50.8 Å². The third-order valence-electron chi connectivity index (χ3n) is 22.9. The summed E-state index contributed by atoms with van der Waals surface area (Å²) in [6.45, 7) is 21.8. The van der Waals surface area contributed by atoms with Gasteiger partial charge in [0, 0.05) is 51.4 Å². The summed E-state index contributed by atoms with van der Waals surface area (Å²) in [4.78, 5) is 140. The van der Waals surface area contributed by atoms with Gasteiger partial charge >= 0.3 is 71.6 Å². The van der Waals surface area contributed by atoms with E-state index in [4.69, 9.17) is 56.8 Å². The predicted molar refractivity (Wildman–Crippen MR) is 589 cm³/mol. The Hall–Kier alpha value is -7.92. The van der Waals surface area contributed by atoms with Crippen molar-refractivity contribution in [3.05, 3.63) is 71.8 Å². The normalized spacial score (nSPS) is 13.5. The summed E-state index contributed by atoms with van der Waals surface area (Å²) in [6.07, 6.45) is 55.4. The van der Waals surface area contributed by atoms with Crippen molar-refractivity contribution in [1.82, 2.24) is 0 Å². The SMILES string of the molecule is C.C.C.C.C.C.C.C.C.C.C.C.CC(COC(=O)C1CCCCC1)OC(=O)C1CCCCC1.CC(COC(=O)c1ccccc1)OC(=O)c1ccccc1.CCCCC(=O)OCC(C)OC(=O)CCCC.CCCCCCCCC(=O)OCC(C)OC(=O)CCCCCCCC.CCCCCCCCC(=O)OCCCOC(=O)CCCCCCCC.O=C(OCCCOC(=O)C1CCCCC1)C1CCCCC1. The number of unbranched alkanes of at least 4 members (excludes halogenated alkanes) is 22. The molecule has 840 valence electrons. The largest absolute Gasteiger partial charge is 0.466 e. The molecule has 0 aromatic heterocycles. The van der Waals surface area contributed by atoms with E-state index >= 15 is 0 Å². The first-order valence-electron chi connectivity index (χ1n) is 51.2. The van der Waals surface area contributed by atoms with E-state index in [9.17, 15) is 57.5 Å². The molecule has 4 saturated carbocycles. The molecular weight excluding hydrogens is 1800 g/mol. The maximum absolute atomic E-state index is 12.0. The van der Waals surface area contributed by atoms with E-state index in [1.807, 2.05) is 26.0 Å². The number of rotatable bonds is 60. The van der Waals surface area contributed by atoms with E-state index in [0.717, 1.165) is 180 Å². The molecule has 0 bridgehead atoms. The number of hydrogen-bond donors (Lipinski definition) is 0. The minimum atomic E-state index is -0.509. The van der Waals surface area contributed by atoms with E-state index in [1.165, 1.54) is 128 Å². The Kier molecular flexibility index (Phi) is 125. The average Bonchev–Trinajstić information content (AvgIpc) is 0.906. The van der Waals surface area contributed by atoms with Crippen molar-refractivity contribution in [2.45, 2.75) is 542 Å². The molecule has 2 aromatic carbocycles. The topological polar surface area (TPSA) is 316 Å². The average molecular weight is 2030 g/mol. The molecule has 0 aliphatic heterocycles. The van der Waals surface area contributed by atoms with Gasteiger partial charge < -0.3 is 56.8 Å². The number of carbonyl (C=O) groups excluding carboxylic acids is 12. The Morgan fingerprint density at radius 1 is 0.218 bits per heavy atom. The molecule has 4 atom stereocenters. The van der Waals surface area contributed by atoms with Crippen LogP contribution in [0.15, 0.2) is 60.7 Å². The van der Waals surface area contributed by atoms with Gasteiger partial charge in [-0.15, -0.1) is 0 Å². The molecule has 6 rings (SSSR count). The van der Waals surface area contributed by atoms with Crippen LogP contribution in [0.4, 0.5) is 0 Å². The van der Waals surface area contributed by atoms with Crippen LogP contribution >= 0.6 is 0 Å². The predicted octanol–water partition coefficient (Wildman–Crippen LogP) is 32.7. The Morgan fingerprint density at radius 2 is 0.444 bits per heavy atom. The molecule has 0 radical (unpaired) electrons. The molecule has 142 heavy (non-hydrogen) atoms. The molecule has 0 N–H and O–H groups in total. The van der Waals surface area contributed by atoms with Gasteiger partial charge in [-0.2, -0.15) is 0 Å². The fourth-order valence-corrected chi connectivity index (χ4v) is 15.0. The molecule has 0 heterocycles. The first-order valence-corrected chi connectivity index (χ1v) is 51.2. The van der Waals surface area contributed by atoms with Crippen molar-refractivity contribution in [3.8, 4) is 0 Å². The second-order valence-electron chi connectivity index (χ2n) is 35.5. The van der Waals surface area contributed by atoms with Crippen LogP contribution in [0, 0.1) is 23.7 Å². The van der Waals surface area contributed by atoms with E-state index in [2.05, 4.69) is 27.7 Å². The monoisotopic (exact) mass is 2030 g/mol. The Morgan fingerprint density at radius 3 is 0.761 bits per heavy atom. The van der Waals surface area contributed by atoms with Gasteiger partial charge in [0.05, 0.1) is 61.2 Å². The molecule has 24 nitrogen and oxygen atoms in total. The van der Waals surface area contributed by atoms with E-state index in [0.29, 0.717) is 88.9 Å². The summed E-state index contributed by atoms with van der Waals surface area (Å²) < 4.78 is 62.5. The van der Waals surface area contributed by atoms with Crippen LogP contribution in [-0.2, 0) is 105 Å². The van der Waals surface area contributed by atoms with Gasteiger partial charge in [-0.05, 0) is 142 Å². The summed E-state index contributed by atoms with van der Waals surface area (Å²) >= 11 is 0. The zero-order valence-corrected chi connectivity index (χ0v) is 82.4. The Labute approximate surface area is 872 Å². The second-order valence-corrected chi connectivity index (χ2v) is 35.5. The first-order chi connectivity index (χ1) is 63.0. The highest BCUT2D eigenvalue weighted by Gasteiger charge is 2.29. The van der Waals surface area contributed by atoms with Gasteiger partial charge in [0.25, 0.3) is 0 Å². The van der Waals surface area contributed by atoms with Crippen molar-refractivity contribution >= 4 is 71.6 Å². The molecule has 0 saturated heterocycles. The van der Waals surface area contributed by atoms with Gasteiger partial charge in [0.15, 0.2) is 0 Å². The lowest BCUT2D eigenvalue weighted by Crippen LogP contribution is -2.29. The quantitative estimate of drug-likeness (QED) is 0.0337. The van der Waals surface area contributed by atoms with Crippen LogP contribution in [0.25, 0.3) is 0 Å². The van der Waals surface area contributed by atoms with Crippen LogP contribution in [0.5, 0.6) is 0 Å². The van der Waals surface area contributed by atoms with Crippen molar-refractivity contribution in [2.75, 3.05) is 52.9 Å². The summed E-state index contributed by atoms with van der Waals surface area (Å²) in [5.41, 5.74) is 0.942. The zero-order chi connectivity index (χ0) is 95.5. The molecule has 2 aromatic rings. The van der Waals surface area contributed by atoms with E-state index in [1.54, 1.807) is 76.2 Å². The van der Waals surface area contributed by atoms with Crippen LogP contribution in [0.2, 0.25) is 0 Å². The van der Waals surface area contributed by atoms with Gasteiger partial charge in [-0.3, -0.25) is 47.9 Å². The number of esters is 12.